The Morgan fingerprint density at radius 3 is 0.588 bits per heavy atom. The zero-order chi connectivity index (χ0) is 52.4. The van der Waals surface area contributed by atoms with Gasteiger partial charge in [-0.15, -0.1) is 47.0 Å². The number of thioether (sulfide) groups is 4. The van der Waals surface area contributed by atoms with Crippen molar-refractivity contribution in [1.29, 1.82) is 0 Å². The van der Waals surface area contributed by atoms with Crippen molar-refractivity contribution in [2.24, 2.45) is 0 Å². The van der Waals surface area contributed by atoms with Gasteiger partial charge in [-0.05, 0) is 154 Å². The minimum Gasteiger partial charge on any atom is -0.121 e. The van der Waals surface area contributed by atoms with Crippen molar-refractivity contribution in [3.63, 3.8) is 0 Å². The van der Waals surface area contributed by atoms with Crippen LogP contribution in [0.25, 0.3) is 130 Å². The normalized spacial score (nSPS) is 13.6. The Kier molecular flexibility index (Phi) is 11.0. The van der Waals surface area contributed by atoms with E-state index in [2.05, 4.69) is 243 Å². The second-order valence-electron chi connectivity index (χ2n) is 21.7. The molecule has 376 valence electrons. The molecule has 0 N–H and O–H groups in total. The molecule has 16 bridgehead atoms. The highest BCUT2D eigenvalue weighted by molar-refractivity contribution is 7.99. The molecule has 0 unspecified atom stereocenters. The number of rotatable bonds is 0. The van der Waals surface area contributed by atoms with Crippen LogP contribution >= 0.6 is 47.0 Å². The summed E-state index contributed by atoms with van der Waals surface area (Å²) in [6.07, 6.45) is 0. The van der Waals surface area contributed by atoms with Crippen molar-refractivity contribution in [1.82, 2.24) is 0 Å². The van der Waals surface area contributed by atoms with E-state index >= 15 is 0 Å². The van der Waals surface area contributed by atoms with Crippen LogP contribution in [-0.2, 0) is 23.0 Å². The first-order valence-corrected chi connectivity index (χ1v) is 31.5. The van der Waals surface area contributed by atoms with Gasteiger partial charge in [0.1, 0.15) is 0 Å². The Labute approximate surface area is 480 Å². The SMILES string of the molecule is c1ccc2c3c(ccc2c1)SCc1cc2ccc4cc(cc5ccc(c1)c2c45)CSc1ccc2ccccc2c1-c1c(ccc2ccccc12)SCc1cc2ccc4cc(cc5ccc(c1)c2c45)CSc1ccc2ccccc2c1-3. The summed E-state index contributed by atoms with van der Waals surface area (Å²) < 4.78 is 0. The molecule has 16 aromatic rings. The Morgan fingerprint density at radius 2 is 0.375 bits per heavy atom. The van der Waals surface area contributed by atoms with Gasteiger partial charge in [-0.3, -0.25) is 0 Å². The van der Waals surface area contributed by atoms with Crippen LogP contribution in [-0.4, -0.2) is 0 Å². The fourth-order valence-electron chi connectivity index (χ4n) is 13.4. The molecule has 80 heavy (non-hydrogen) atoms. The maximum atomic E-state index is 2.45. The van der Waals surface area contributed by atoms with Gasteiger partial charge in [-0.2, -0.15) is 0 Å². The largest absolute Gasteiger partial charge is 0.121 e. The Balaban J connectivity index is 0.848. The Morgan fingerprint density at radius 1 is 0.188 bits per heavy atom. The minimum atomic E-state index is 0.858. The van der Waals surface area contributed by atoms with Crippen LogP contribution in [0, 0.1) is 0 Å². The molecule has 11 aliphatic heterocycles. The van der Waals surface area contributed by atoms with E-state index in [0.717, 1.165) is 23.0 Å². The van der Waals surface area contributed by atoms with Gasteiger partial charge in [0.25, 0.3) is 0 Å². The van der Waals surface area contributed by atoms with Crippen LogP contribution < -0.4 is 0 Å². The third-order valence-electron chi connectivity index (χ3n) is 16.9. The second kappa shape index (κ2) is 18.8. The van der Waals surface area contributed by atoms with E-state index in [1.807, 2.05) is 47.0 Å². The lowest BCUT2D eigenvalue weighted by Crippen LogP contribution is -1.94. The predicted octanol–water partition coefficient (Wildman–Crippen LogP) is 22.9. The molecule has 0 radical (unpaired) electrons. The van der Waals surface area contributed by atoms with E-state index in [1.165, 1.54) is 172 Å². The molecular formula is C76H48S4. The molecule has 0 saturated carbocycles. The molecule has 16 aromatic carbocycles. The molecule has 4 heteroatoms. The molecule has 0 nitrogen and oxygen atoms in total. The fourth-order valence-corrected chi connectivity index (χ4v) is 17.5. The minimum absolute atomic E-state index is 0.858. The van der Waals surface area contributed by atoms with Crippen LogP contribution in [0.1, 0.15) is 22.3 Å². The summed E-state index contributed by atoms with van der Waals surface area (Å²) in [6, 6.07) is 93.4. The number of fused-ring (bicyclic) bond motifs is 4. The first-order valence-electron chi connectivity index (χ1n) is 27.6. The van der Waals surface area contributed by atoms with Gasteiger partial charge in [0.2, 0.25) is 0 Å². The average Bonchev–Trinajstić information content (AvgIpc) is 3.57. The highest BCUT2D eigenvalue weighted by Crippen LogP contribution is 2.50. The monoisotopic (exact) mass is 1090 g/mol. The summed E-state index contributed by atoms with van der Waals surface area (Å²) in [5, 5.41) is 26.1. The molecule has 0 amide bonds. The predicted molar refractivity (Wildman–Crippen MR) is 352 cm³/mol. The number of hydrogen-bond acceptors (Lipinski definition) is 4. The second-order valence-corrected chi connectivity index (χ2v) is 25.8. The molecule has 0 fully saturated rings. The summed E-state index contributed by atoms with van der Waals surface area (Å²) in [6.45, 7) is 0. The van der Waals surface area contributed by atoms with Crippen molar-refractivity contribution in [2.75, 3.05) is 0 Å². The van der Waals surface area contributed by atoms with Crippen molar-refractivity contribution in [3.8, 4) is 22.3 Å². The van der Waals surface area contributed by atoms with E-state index in [9.17, 15) is 0 Å². The molecule has 11 aliphatic rings. The van der Waals surface area contributed by atoms with Crippen molar-refractivity contribution in [2.45, 2.75) is 42.6 Å². The fraction of sp³-hybridized carbons (Fsp3) is 0.0526. The third kappa shape index (κ3) is 7.71. The van der Waals surface area contributed by atoms with Gasteiger partial charge in [0.05, 0.1) is 0 Å². The van der Waals surface area contributed by atoms with Gasteiger partial charge in [-0.25, -0.2) is 0 Å². The topological polar surface area (TPSA) is 0 Å². The van der Waals surface area contributed by atoms with Crippen molar-refractivity contribution >= 4 is 155 Å². The van der Waals surface area contributed by atoms with Crippen LogP contribution in [0.5, 0.6) is 0 Å². The highest BCUT2D eigenvalue weighted by atomic mass is 32.2. The summed E-state index contributed by atoms with van der Waals surface area (Å²) >= 11 is 7.87. The summed E-state index contributed by atoms with van der Waals surface area (Å²) in [5.74, 6) is 3.43. The van der Waals surface area contributed by atoms with E-state index in [0.29, 0.717) is 0 Å². The Bertz CT molecular complexity index is 4420. The van der Waals surface area contributed by atoms with Gasteiger partial charge >= 0.3 is 0 Å². The highest BCUT2D eigenvalue weighted by Gasteiger charge is 2.22. The molecule has 0 spiro atoms. The lowest BCUT2D eigenvalue weighted by molar-refractivity contribution is 1.37. The quantitative estimate of drug-likeness (QED) is 0.139. The maximum Gasteiger partial charge on any atom is 0.0232 e. The molecule has 11 heterocycles. The van der Waals surface area contributed by atoms with Crippen molar-refractivity contribution in [3.05, 3.63) is 265 Å². The van der Waals surface area contributed by atoms with E-state index in [-0.39, 0.29) is 0 Å². The smallest absolute Gasteiger partial charge is 0.0232 e. The zero-order valence-electron chi connectivity index (χ0n) is 43.6. The third-order valence-corrected chi connectivity index (χ3v) is 21.5. The summed E-state index contributed by atoms with van der Waals surface area (Å²) in [5.41, 5.74) is 10.7. The lowest BCUT2D eigenvalue weighted by Gasteiger charge is -2.20. The molecule has 0 aliphatic carbocycles. The molecule has 0 atom stereocenters. The number of hydrogen-bond donors (Lipinski definition) is 0. The molecular weight excluding hydrogens is 1040 g/mol. The number of benzene rings is 16. The lowest BCUT2D eigenvalue weighted by atomic mass is 9.92. The molecule has 0 saturated heterocycles. The van der Waals surface area contributed by atoms with Crippen LogP contribution in [0.15, 0.2) is 262 Å². The maximum absolute atomic E-state index is 2.45. The average molecular weight is 1090 g/mol. The van der Waals surface area contributed by atoms with Crippen LogP contribution in [0.3, 0.4) is 0 Å². The molecule has 27 rings (SSSR count). The van der Waals surface area contributed by atoms with Gasteiger partial charge in [-0.1, -0.05) is 218 Å². The summed E-state index contributed by atoms with van der Waals surface area (Å²) in [4.78, 5) is 5.23. The van der Waals surface area contributed by atoms with E-state index in [1.54, 1.807) is 0 Å². The standard InChI is InChI=1S/C76H48S4/c1-5-13-61-49(9-1)25-29-65-73(61)74-62-14-6-2-10-50(62)26-30-66(74)78-42-46-35-55-21-23-59-39-48(40-60-24-22-56(36-46)70(55)72(59)60)44-80-68-32-28-52-12-4-8-16-64(52)76(68)75-63-15-7-3-11-51(63)27-31-67(75)79-43-47-37-57-19-17-53-33-45(41-77-65)34-54-18-20-58(38-47)71(57)69(53)54/h1-40H,41-44H2. The van der Waals surface area contributed by atoms with Crippen LogP contribution in [0.2, 0.25) is 0 Å². The van der Waals surface area contributed by atoms with Gasteiger partial charge < -0.3 is 0 Å². The zero-order valence-corrected chi connectivity index (χ0v) is 46.8. The van der Waals surface area contributed by atoms with Gasteiger partial charge in [0, 0.05) is 64.8 Å². The molecule has 0 aromatic heterocycles. The first kappa shape index (κ1) is 46.9. The van der Waals surface area contributed by atoms with Crippen LogP contribution in [0.4, 0.5) is 0 Å². The van der Waals surface area contributed by atoms with E-state index in [4.69, 9.17) is 0 Å². The Hall–Kier alpha value is -7.96. The first-order chi connectivity index (χ1) is 39.6. The van der Waals surface area contributed by atoms with E-state index < -0.39 is 0 Å². The summed E-state index contributed by atoms with van der Waals surface area (Å²) in [7, 11) is 0. The van der Waals surface area contributed by atoms with Crippen molar-refractivity contribution < 1.29 is 0 Å². The van der Waals surface area contributed by atoms with Gasteiger partial charge in [0.15, 0.2) is 0 Å².